The summed E-state index contributed by atoms with van der Waals surface area (Å²) in [5.41, 5.74) is 0. The molecule has 2 atom stereocenters. The number of ether oxygens (including phenoxy) is 1. The van der Waals surface area contributed by atoms with Crippen LogP contribution < -0.4 is 5.32 Å². The van der Waals surface area contributed by atoms with Crippen molar-refractivity contribution in [2.75, 3.05) is 13.2 Å². The number of rotatable bonds is 5. The molecule has 0 radical (unpaired) electrons. The number of carbonyl (C=O) groups is 1. The van der Waals surface area contributed by atoms with E-state index >= 15 is 0 Å². The first-order chi connectivity index (χ1) is 10.3. The van der Waals surface area contributed by atoms with Crippen molar-refractivity contribution in [2.45, 2.75) is 36.0 Å². The highest BCUT2D eigenvalue weighted by atomic mass is 32.2. The fourth-order valence-electron chi connectivity index (χ4n) is 2.16. The summed E-state index contributed by atoms with van der Waals surface area (Å²) in [6.45, 7) is 2.07. The van der Waals surface area contributed by atoms with Gasteiger partial charge in [-0.3, -0.25) is 4.79 Å². The second-order valence-corrected chi connectivity index (χ2v) is 7.41. The molecule has 1 aliphatic heterocycles. The van der Waals surface area contributed by atoms with Crippen LogP contribution in [-0.2, 0) is 19.4 Å². The van der Waals surface area contributed by atoms with Gasteiger partial charge in [0.1, 0.15) is 5.25 Å². The quantitative estimate of drug-likeness (QED) is 0.827. The third-order valence-electron chi connectivity index (χ3n) is 3.58. The Morgan fingerprint density at radius 2 is 2.14 bits per heavy atom. The molecule has 1 saturated heterocycles. The SMILES string of the molecule is CC(C(=O)NCC1CCCO1)S(=O)(=O)c1ccc(F)c(F)c1. The number of sulfone groups is 1. The number of nitrogens with one attached hydrogen (secondary N) is 1. The van der Waals surface area contributed by atoms with Crippen LogP contribution >= 0.6 is 0 Å². The van der Waals surface area contributed by atoms with Gasteiger partial charge in [0.05, 0.1) is 11.0 Å². The summed E-state index contributed by atoms with van der Waals surface area (Å²) in [6, 6.07) is 2.24. The lowest BCUT2D eigenvalue weighted by molar-refractivity contribution is -0.120. The number of hydrogen-bond donors (Lipinski definition) is 1. The summed E-state index contributed by atoms with van der Waals surface area (Å²) in [7, 11) is -4.08. The summed E-state index contributed by atoms with van der Waals surface area (Å²) in [5.74, 6) is -3.11. The van der Waals surface area contributed by atoms with Crippen LogP contribution in [0.3, 0.4) is 0 Å². The van der Waals surface area contributed by atoms with Crippen molar-refractivity contribution < 1.29 is 26.7 Å². The minimum absolute atomic E-state index is 0.109. The minimum Gasteiger partial charge on any atom is -0.376 e. The monoisotopic (exact) mass is 333 g/mol. The maximum atomic E-state index is 13.2. The number of amides is 1. The predicted molar refractivity (Wildman–Crippen MR) is 75.0 cm³/mol. The van der Waals surface area contributed by atoms with Gasteiger partial charge in [0.15, 0.2) is 21.5 Å². The van der Waals surface area contributed by atoms with E-state index in [2.05, 4.69) is 5.32 Å². The molecule has 0 aromatic heterocycles. The number of benzene rings is 1. The van der Waals surface area contributed by atoms with E-state index in [-0.39, 0.29) is 12.6 Å². The highest BCUT2D eigenvalue weighted by Gasteiger charge is 2.31. The summed E-state index contributed by atoms with van der Waals surface area (Å²) in [6.07, 6.45) is 1.61. The zero-order valence-corrected chi connectivity index (χ0v) is 12.8. The Hall–Kier alpha value is -1.54. The third-order valence-corrected chi connectivity index (χ3v) is 5.64. The zero-order chi connectivity index (χ0) is 16.3. The Morgan fingerprint density at radius 1 is 1.41 bits per heavy atom. The smallest absolute Gasteiger partial charge is 0.238 e. The minimum atomic E-state index is -4.08. The van der Waals surface area contributed by atoms with Crippen LogP contribution in [-0.4, -0.2) is 38.8 Å². The number of hydrogen-bond acceptors (Lipinski definition) is 4. The summed E-state index contributed by atoms with van der Waals surface area (Å²) < 4.78 is 55.9. The van der Waals surface area contributed by atoms with Crippen LogP contribution in [0, 0.1) is 11.6 Å². The first kappa shape index (κ1) is 16.8. The van der Waals surface area contributed by atoms with Crippen molar-refractivity contribution in [3.05, 3.63) is 29.8 Å². The topological polar surface area (TPSA) is 72.5 Å². The van der Waals surface area contributed by atoms with Crippen LogP contribution in [0.15, 0.2) is 23.1 Å². The zero-order valence-electron chi connectivity index (χ0n) is 12.0. The van der Waals surface area contributed by atoms with E-state index in [9.17, 15) is 22.0 Å². The lowest BCUT2D eigenvalue weighted by atomic mass is 10.2. The van der Waals surface area contributed by atoms with Gasteiger partial charge in [-0.15, -0.1) is 0 Å². The van der Waals surface area contributed by atoms with Crippen LogP contribution in [0.25, 0.3) is 0 Å². The molecule has 2 rings (SSSR count). The molecule has 22 heavy (non-hydrogen) atoms. The van der Waals surface area contributed by atoms with E-state index in [1.165, 1.54) is 6.92 Å². The fourth-order valence-corrected chi connectivity index (χ4v) is 3.46. The Morgan fingerprint density at radius 3 is 2.73 bits per heavy atom. The molecule has 5 nitrogen and oxygen atoms in total. The molecule has 0 spiro atoms. The van der Waals surface area contributed by atoms with Gasteiger partial charge in [-0.05, 0) is 38.0 Å². The Labute approximate surface area is 127 Å². The molecular weight excluding hydrogens is 316 g/mol. The Balaban J connectivity index is 2.06. The maximum Gasteiger partial charge on any atom is 0.238 e. The van der Waals surface area contributed by atoms with Crippen molar-refractivity contribution in [3.63, 3.8) is 0 Å². The lowest BCUT2D eigenvalue weighted by Crippen LogP contribution is -2.41. The predicted octanol–water partition coefficient (Wildman–Crippen LogP) is 1.42. The third kappa shape index (κ3) is 3.61. The second-order valence-electron chi connectivity index (χ2n) is 5.14. The summed E-state index contributed by atoms with van der Waals surface area (Å²) in [5, 5.41) is 1.11. The highest BCUT2D eigenvalue weighted by molar-refractivity contribution is 7.92. The van der Waals surface area contributed by atoms with E-state index in [4.69, 9.17) is 4.74 Å². The number of halogens is 2. The molecule has 2 unspecified atom stereocenters. The van der Waals surface area contributed by atoms with Crippen molar-refractivity contribution >= 4 is 15.7 Å². The average Bonchev–Trinajstić information content (AvgIpc) is 3.00. The fraction of sp³-hybridized carbons (Fsp3) is 0.500. The lowest BCUT2D eigenvalue weighted by Gasteiger charge is -2.15. The van der Waals surface area contributed by atoms with E-state index in [1.54, 1.807) is 0 Å². The van der Waals surface area contributed by atoms with Gasteiger partial charge in [0.25, 0.3) is 0 Å². The molecule has 0 aliphatic carbocycles. The van der Waals surface area contributed by atoms with Gasteiger partial charge in [0.2, 0.25) is 5.91 Å². The van der Waals surface area contributed by atoms with Crippen molar-refractivity contribution in [2.24, 2.45) is 0 Å². The molecule has 0 saturated carbocycles. The van der Waals surface area contributed by atoms with Gasteiger partial charge in [-0.2, -0.15) is 0 Å². The van der Waals surface area contributed by atoms with Gasteiger partial charge >= 0.3 is 0 Å². The number of carbonyl (C=O) groups excluding carboxylic acids is 1. The van der Waals surface area contributed by atoms with Gasteiger partial charge < -0.3 is 10.1 Å². The molecule has 1 aromatic carbocycles. The van der Waals surface area contributed by atoms with Crippen LogP contribution in [0.5, 0.6) is 0 Å². The van der Waals surface area contributed by atoms with Crippen molar-refractivity contribution in [3.8, 4) is 0 Å². The molecule has 122 valence electrons. The van der Waals surface area contributed by atoms with Gasteiger partial charge in [-0.25, -0.2) is 17.2 Å². The second kappa shape index (κ2) is 6.70. The molecule has 0 bridgehead atoms. The summed E-state index contributed by atoms with van der Waals surface area (Å²) >= 11 is 0. The van der Waals surface area contributed by atoms with Crippen molar-refractivity contribution in [1.82, 2.24) is 5.32 Å². The largest absolute Gasteiger partial charge is 0.376 e. The van der Waals surface area contributed by atoms with Gasteiger partial charge in [0, 0.05) is 13.2 Å². The molecular formula is C14H17F2NO4S. The molecule has 1 fully saturated rings. The highest BCUT2D eigenvalue weighted by Crippen LogP contribution is 2.19. The molecule has 1 N–H and O–H groups in total. The van der Waals surface area contributed by atoms with Gasteiger partial charge in [-0.1, -0.05) is 0 Å². The molecule has 1 heterocycles. The summed E-state index contributed by atoms with van der Waals surface area (Å²) in [4.78, 5) is 11.5. The molecule has 1 aliphatic rings. The van der Waals surface area contributed by atoms with E-state index in [0.717, 1.165) is 25.0 Å². The van der Waals surface area contributed by atoms with Crippen LogP contribution in [0.4, 0.5) is 8.78 Å². The average molecular weight is 333 g/mol. The molecule has 1 aromatic rings. The van der Waals surface area contributed by atoms with E-state index < -0.39 is 37.5 Å². The Bertz CT molecular complexity index is 657. The first-order valence-corrected chi connectivity index (χ1v) is 8.45. The van der Waals surface area contributed by atoms with Crippen molar-refractivity contribution in [1.29, 1.82) is 0 Å². The van der Waals surface area contributed by atoms with E-state index in [1.807, 2.05) is 0 Å². The standard InChI is InChI=1S/C14H17F2NO4S/c1-9(14(18)17-8-10-3-2-6-21-10)22(19,20)11-4-5-12(15)13(16)7-11/h4-5,7,9-10H,2-3,6,8H2,1H3,(H,17,18). The molecule has 8 heteroatoms. The Kier molecular flexibility index (Phi) is 5.12. The molecule has 1 amide bonds. The first-order valence-electron chi connectivity index (χ1n) is 6.90. The van der Waals surface area contributed by atoms with E-state index in [0.29, 0.717) is 12.7 Å². The normalized spacial score (nSPS) is 19.9. The van der Waals surface area contributed by atoms with Crippen LogP contribution in [0.2, 0.25) is 0 Å². The maximum absolute atomic E-state index is 13.2. The van der Waals surface area contributed by atoms with Crippen LogP contribution in [0.1, 0.15) is 19.8 Å².